The Kier molecular flexibility index (Phi) is 4.91. The number of benzene rings is 1. The summed E-state index contributed by atoms with van der Waals surface area (Å²) >= 11 is 0. The predicted octanol–water partition coefficient (Wildman–Crippen LogP) is 4.46. The molecule has 0 heterocycles. The molecule has 2 rings (SSSR count). The van der Waals surface area contributed by atoms with Crippen LogP contribution in [0.1, 0.15) is 77.8 Å². The molecule has 0 atom stereocenters. The van der Waals surface area contributed by atoms with Gasteiger partial charge in [0.15, 0.2) is 0 Å². The number of carbonyl (C=O) groups excluding carboxylic acids is 1. The Balaban J connectivity index is 2.22. The van der Waals surface area contributed by atoms with E-state index in [2.05, 4.69) is 12.1 Å². The molecule has 1 aliphatic carbocycles. The molecule has 128 valence electrons. The van der Waals surface area contributed by atoms with Crippen molar-refractivity contribution in [1.29, 1.82) is 0 Å². The molecule has 1 N–H and O–H groups in total. The zero-order valence-electron chi connectivity index (χ0n) is 15.1. The molecular formula is C20H30O3. The van der Waals surface area contributed by atoms with Crippen LogP contribution in [-0.4, -0.2) is 16.7 Å². The van der Waals surface area contributed by atoms with Crippen molar-refractivity contribution >= 4 is 5.97 Å². The number of aliphatic hydroxyl groups is 1. The van der Waals surface area contributed by atoms with Gasteiger partial charge in [0.1, 0.15) is 5.60 Å². The number of hydrogen-bond acceptors (Lipinski definition) is 3. The third-order valence-electron chi connectivity index (χ3n) is 4.67. The van der Waals surface area contributed by atoms with Crippen LogP contribution in [0, 0.1) is 0 Å². The van der Waals surface area contributed by atoms with Crippen molar-refractivity contribution in [2.45, 2.75) is 83.3 Å². The highest BCUT2D eigenvalue weighted by Crippen LogP contribution is 2.44. The van der Waals surface area contributed by atoms with Gasteiger partial charge in [-0.15, -0.1) is 0 Å². The molecule has 0 saturated heterocycles. The third kappa shape index (κ3) is 4.57. The number of hydrogen-bond donors (Lipinski definition) is 1. The van der Waals surface area contributed by atoms with Gasteiger partial charge in [0.05, 0.1) is 12.0 Å². The molecule has 1 fully saturated rings. The second-order valence-electron chi connectivity index (χ2n) is 8.39. The summed E-state index contributed by atoms with van der Waals surface area (Å²) in [5.41, 5.74) is 0.690. The second kappa shape index (κ2) is 6.27. The van der Waals surface area contributed by atoms with Gasteiger partial charge in [0.25, 0.3) is 0 Å². The lowest BCUT2D eigenvalue weighted by molar-refractivity contribution is -0.156. The lowest BCUT2D eigenvalue weighted by Gasteiger charge is -2.31. The van der Waals surface area contributed by atoms with Crippen LogP contribution in [0.25, 0.3) is 0 Å². The zero-order chi connectivity index (χ0) is 17.3. The van der Waals surface area contributed by atoms with Crippen LogP contribution in [0.2, 0.25) is 0 Å². The Labute approximate surface area is 140 Å². The Morgan fingerprint density at radius 2 is 1.61 bits per heavy atom. The van der Waals surface area contributed by atoms with Crippen molar-refractivity contribution < 1.29 is 14.6 Å². The van der Waals surface area contributed by atoms with E-state index in [-0.39, 0.29) is 11.4 Å². The minimum Gasteiger partial charge on any atom is -0.460 e. The summed E-state index contributed by atoms with van der Waals surface area (Å²) in [6.45, 7) is 9.29. The molecule has 1 aromatic rings. The lowest BCUT2D eigenvalue weighted by atomic mass is 9.75. The summed E-state index contributed by atoms with van der Waals surface area (Å²) in [5, 5.41) is 10.1. The van der Waals surface area contributed by atoms with E-state index in [0.29, 0.717) is 6.42 Å². The highest BCUT2D eigenvalue weighted by atomic mass is 16.6. The maximum Gasteiger partial charge on any atom is 0.307 e. The monoisotopic (exact) mass is 318 g/mol. The smallest absolute Gasteiger partial charge is 0.307 e. The Hall–Kier alpha value is -1.35. The first-order valence-corrected chi connectivity index (χ1v) is 8.57. The molecule has 0 radical (unpaired) electrons. The molecule has 0 unspecified atom stereocenters. The molecule has 0 aromatic heterocycles. The minimum absolute atomic E-state index is 0.111. The van der Waals surface area contributed by atoms with E-state index in [4.69, 9.17) is 4.74 Å². The van der Waals surface area contributed by atoms with Gasteiger partial charge < -0.3 is 9.84 Å². The molecule has 1 aliphatic rings. The van der Waals surface area contributed by atoms with Crippen LogP contribution in [0.3, 0.4) is 0 Å². The summed E-state index contributed by atoms with van der Waals surface area (Å²) in [6, 6.07) is 8.10. The molecule has 0 spiro atoms. The molecular weight excluding hydrogens is 288 g/mol. The van der Waals surface area contributed by atoms with E-state index in [1.807, 2.05) is 32.9 Å². The summed E-state index contributed by atoms with van der Waals surface area (Å²) in [5.74, 6) is -0.119. The fourth-order valence-electron chi connectivity index (χ4n) is 3.50. The molecule has 0 aliphatic heterocycles. The highest BCUT2D eigenvalue weighted by molar-refractivity contribution is 5.72. The largest absolute Gasteiger partial charge is 0.460 e. The van der Waals surface area contributed by atoms with E-state index in [1.165, 1.54) is 5.56 Å². The third-order valence-corrected chi connectivity index (χ3v) is 4.67. The minimum atomic E-state index is -0.841. The maximum absolute atomic E-state index is 12.4. The number of carbonyl (C=O) groups is 1. The Morgan fingerprint density at radius 1 is 1.09 bits per heavy atom. The average molecular weight is 318 g/mol. The second-order valence-corrected chi connectivity index (χ2v) is 8.39. The van der Waals surface area contributed by atoms with Gasteiger partial charge in [-0.25, -0.2) is 0 Å². The fourth-order valence-corrected chi connectivity index (χ4v) is 3.50. The van der Waals surface area contributed by atoms with Crippen molar-refractivity contribution in [3.8, 4) is 0 Å². The summed E-state index contributed by atoms with van der Waals surface area (Å²) in [7, 11) is 0. The van der Waals surface area contributed by atoms with Crippen LogP contribution < -0.4 is 0 Å². The van der Waals surface area contributed by atoms with Crippen molar-refractivity contribution in [2.75, 3.05) is 0 Å². The molecule has 0 amide bonds. The van der Waals surface area contributed by atoms with Gasteiger partial charge in [0, 0.05) is 5.41 Å². The topological polar surface area (TPSA) is 46.5 Å². The average Bonchev–Trinajstić information content (AvgIpc) is 2.85. The van der Waals surface area contributed by atoms with Gasteiger partial charge in [-0.3, -0.25) is 4.79 Å². The number of esters is 1. The first kappa shape index (κ1) is 18.0. The first-order chi connectivity index (χ1) is 10.5. The van der Waals surface area contributed by atoms with E-state index in [9.17, 15) is 9.90 Å². The summed E-state index contributed by atoms with van der Waals surface area (Å²) in [6.07, 6.45) is 4.78. The van der Waals surface area contributed by atoms with E-state index in [1.54, 1.807) is 13.8 Å². The van der Waals surface area contributed by atoms with Crippen LogP contribution in [0.15, 0.2) is 24.3 Å². The highest BCUT2D eigenvalue weighted by Gasteiger charge is 2.39. The summed E-state index contributed by atoms with van der Waals surface area (Å²) < 4.78 is 5.55. The van der Waals surface area contributed by atoms with Gasteiger partial charge in [-0.2, -0.15) is 0 Å². The first-order valence-electron chi connectivity index (χ1n) is 8.57. The standard InChI is InChI=1S/C20H30O3/c1-18(2,3)23-17(21)14-20(12-6-7-13-20)16-10-8-15(9-11-16)19(4,5)22/h8-11,22H,6-7,12-14H2,1-5H3. The van der Waals surface area contributed by atoms with Crippen molar-refractivity contribution in [3.63, 3.8) is 0 Å². The van der Waals surface area contributed by atoms with Crippen LogP contribution in [0.4, 0.5) is 0 Å². The predicted molar refractivity (Wildman–Crippen MR) is 92.3 cm³/mol. The van der Waals surface area contributed by atoms with Crippen LogP contribution in [0.5, 0.6) is 0 Å². The normalized spacial score (nSPS) is 18.0. The number of rotatable bonds is 4. The zero-order valence-corrected chi connectivity index (χ0v) is 15.1. The van der Waals surface area contributed by atoms with Crippen molar-refractivity contribution in [1.82, 2.24) is 0 Å². The lowest BCUT2D eigenvalue weighted by Crippen LogP contribution is -2.31. The Morgan fingerprint density at radius 3 is 2.04 bits per heavy atom. The van der Waals surface area contributed by atoms with Gasteiger partial charge in [-0.1, -0.05) is 37.1 Å². The van der Waals surface area contributed by atoms with E-state index >= 15 is 0 Å². The molecule has 1 saturated carbocycles. The van der Waals surface area contributed by atoms with Crippen molar-refractivity contribution in [2.24, 2.45) is 0 Å². The Bertz CT molecular complexity index is 538. The molecule has 0 bridgehead atoms. The molecule has 1 aromatic carbocycles. The van der Waals surface area contributed by atoms with Crippen LogP contribution in [-0.2, 0) is 20.5 Å². The quantitative estimate of drug-likeness (QED) is 0.834. The number of ether oxygens (including phenoxy) is 1. The molecule has 23 heavy (non-hydrogen) atoms. The SMILES string of the molecule is CC(C)(C)OC(=O)CC1(c2ccc(C(C)(C)O)cc2)CCCC1. The maximum atomic E-state index is 12.4. The van der Waals surface area contributed by atoms with E-state index < -0.39 is 11.2 Å². The van der Waals surface area contributed by atoms with Gasteiger partial charge >= 0.3 is 5.97 Å². The summed E-state index contributed by atoms with van der Waals surface area (Å²) in [4.78, 5) is 12.4. The van der Waals surface area contributed by atoms with Gasteiger partial charge in [-0.05, 0) is 58.6 Å². The van der Waals surface area contributed by atoms with Crippen molar-refractivity contribution in [3.05, 3.63) is 35.4 Å². The van der Waals surface area contributed by atoms with Gasteiger partial charge in [0.2, 0.25) is 0 Å². The molecule has 3 heteroatoms. The fraction of sp³-hybridized carbons (Fsp3) is 0.650. The van der Waals surface area contributed by atoms with Crippen LogP contribution >= 0.6 is 0 Å². The van der Waals surface area contributed by atoms with E-state index in [0.717, 1.165) is 31.2 Å². The molecule has 3 nitrogen and oxygen atoms in total.